The highest BCUT2D eigenvalue weighted by molar-refractivity contribution is 6.01. The van der Waals surface area contributed by atoms with Crippen molar-refractivity contribution in [3.63, 3.8) is 0 Å². The van der Waals surface area contributed by atoms with Crippen LogP contribution >= 0.6 is 0 Å². The topological polar surface area (TPSA) is 289 Å². The highest BCUT2D eigenvalue weighted by Crippen LogP contribution is 2.23. The number of aromatic nitrogens is 8. The number of ether oxygens (including phenoxy) is 1. The van der Waals surface area contributed by atoms with Gasteiger partial charge in [0.25, 0.3) is 11.8 Å². The van der Waals surface area contributed by atoms with E-state index in [-0.39, 0.29) is 59.4 Å². The second kappa shape index (κ2) is 14.5. The van der Waals surface area contributed by atoms with Crippen LogP contribution in [-0.4, -0.2) is 84.5 Å². The zero-order valence-corrected chi connectivity index (χ0v) is 25.5. The van der Waals surface area contributed by atoms with Gasteiger partial charge in [0.05, 0.1) is 31.1 Å². The quantitative estimate of drug-likeness (QED) is 0.0421. The van der Waals surface area contributed by atoms with Crippen LogP contribution in [0.3, 0.4) is 0 Å². The number of nitrogens with one attached hydrogen (secondary N) is 3. The van der Waals surface area contributed by atoms with Gasteiger partial charge in [0.2, 0.25) is 18.2 Å². The van der Waals surface area contributed by atoms with E-state index in [0.29, 0.717) is 35.5 Å². The van der Waals surface area contributed by atoms with Crippen LogP contribution < -0.4 is 32.7 Å². The number of nitrogens with two attached hydrogens (primary N) is 3. The summed E-state index contributed by atoms with van der Waals surface area (Å²) in [7, 11) is 1.21. The van der Waals surface area contributed by atoms with Gasteiger partial charge in [-0.3, -0.25) is 14.4 Å². The molecule has 0 aliphatic heterocycles. The van der Waals surface area contributed by atoms with E-state index in [9.17, 15) is 19.2 Å². The van der Waals surface area contributed by atoms with Gasteiger partial charge in [0.1, 0.15) is 6.04 Å². The molecule has 3 heterocycles. The molecule has 3 aromatic heterocycles. The molecule has 0 fully saturated rings. The van der Waals surface area contributed by atoms with Crippen LogP contribution in [0.2, 0.25) is 0 Å². The van der Waals surface area contributed by atoms with Crippen LogP contribution in [0.5, 0.6) is 0 Å². The molecular formula is C29H30N14O5. The summed E-state index contributed by atoms with van der Waals surface area (Å²) in [4.78, 5) is 68.2. The third-order valence-electron chi connectivity index (χ3n) is 7.04. The third kappa shape index (κ3) is 7.53. The second-order valence-electron chi connectivity index (χ2n) is 10.3. The van der Waals surface area contributed by atoms with E-state index in [0.717, 1.165) is 0 Å². The Morgan fingerprint density at radius 3 is 2.54 bits per heavy atom. The summed E-state index contributed by atoms with van der Waals surface area (Å²) in [5.74, 6) is -1.37. The van der Waals surface area contributed by atoms with Gasteiger partial charge in [0, 0.05) is 29.0 Å². The molecule has 48 heavy (non-hydrogen) atoms. The Hall–Kier alpha value is -6.79. The first-order chi connectivity index (χ1) is 23.2. The number of methoxy groups -OCH3 is 1. The van der Waals surface area contributed by atoms with Crippen LogP contribution in [0, 0.1) is 0 Å². The summed E-state index contributed by atoms with van der Waals surface area (Å²) in [5.41, 5.74) is 20.0. The molecule has 9 N–H and O–H groups in total. The zero-order valence-electron chi connectivity index (χ0n) is 25.5. The number of carbonyl (C=O) groups is 4. The van der Waals surface area contributed by atoms with E-state index in [4.69, 9.17) is 21.9 Å². The van der Waals surface area contributed by atoms with Gasteiger partial charge in [-0.25, -0.2) is 14.8 Å². The summed E-state index contributed by atoms with van der Waals surface area (Å²) >= 11 is 0. The first-order valence-electron chi connectivity index (χ1n) is 14.3. The number of rotatable bonds is 13. The summed E-state index contributed by atoms with van der Waals surface area (Å²) < 4.78 is 4.87. The average molecular weight is 655 g/mol. The number of hydrogen-bond donors (Lipinski definition) is 6. The van der Waals surface area contributed by atoms with Crippen LogP contribution in [0.4, 0.5) is 23.1 Å². The molecule has 0 bridgehead atoms. The lowest BCUT2D eigenvalue weighted by Crippen LogP contribution is -2.42. The number of esters is 1. The second-order valence-corrected chi connectivity index (χ2v) is 10.3. The van der Waals surface area contributed by atoms with Gasteiger partial charge in [-0.1, -0.05) is 0 Å². The monoisotopic (exact) mass is 654 g/mol. The predicted molar refractivity (Wildman–Crippen MR) is 172 cm³/mol. The molecule has 246 valence electrons. The molecule has 2 aromatic carbocycles. The zero-order chi connectivity index (χ0) is 34.2. The lowest BCUT2D eigenvalue weighted by Gasteiger charge is -2.19. The van der Waals surface area contributed by atoms with Crippen molar-refractivity contribution < 1.29 is 23.9 Å². The number of carbonyl (C=O) groups excluding carboxylic acids is 4. The molecule has 1 atom stereocenters. The smallest absolute Gasteiger partial charge is 0.328 e. The van der Waals surface area contributed by atoms with Gasteiger partial charge in [-0.2, -0.15) is 15.2 Å². The largest absolute Gasteiger partial charge is 0.467 e. The van der Waals surface area contributed by atoms with E-state index in [1.54, 1.807) is 30.3 Å². The molecule has 0 aliphatic rings. The molecule has 19 heteroatoms. The minimum absolute atomic E-state index is 0.0328. The van der Waals surface area contributed by atoms with Crippen LogP contribution in [0.1, 0.15) is 39.3 Å². The van der Waals surface area contributed by atoms with Gasteiger partial charge in [-0.05, 0) is 60.5 Å². The minimum atomic E-state index is -0.991. The van der Waals surface area contributed by atoms with Crippen LogP contribution in [0.15, 0.2) is 48.7 Å². The lowest BCUT2D eigenvalue weighted by molar-refractivity contribution is -0.143. The fourth-order valence-electron chi connectivity index (χ4n) is 4.68. The summed E-state index contributed by atoms with van der Waals surface area (Å²) in [6.45, 7) is 0.225. The predicted octanol–water partition coefficient (Wildman–Crippen LogP) is -0.00890. The Morgan fingerprint density at radius 2 is 1.83 bits per heavy atom. The van der Waals surface area contributed by atoms with E-state index in [1.165, 1.54) is 30.3 Å². The normalized spacial score (nSPS) is 11.4. The number of benzene rings is 2. The highest BCUT2D eigenvalue weighted by Gasteiger charge is 2.23. The van der Waals surface area contributed by atoms with E-state index < -0.39 is 23.8 Å². The number of nitrogens with zero attached hydrogens (tertiary/aromatic N) is 8. The molecule has 5 aromatic rings. The van der Waals surface area contributed by atoms with E-state index in [2.05, 4.69) is 51.2 Å². The third-order valence-corrected chi connectivity index (χ3v) is 7.04. The number of anilines is 4. The molecule has 0 unspecified atom stereocenters. The molecular weight excluding hydrogens is 624 g/mol. The maximum absolute atomic E-state index is 13.0. The minimum Gasteiger partial charge on any atom is -0.467 e. The standard InChI is InChI=1S/C29H30N14O5/c1-48-28(47)21(3-2-10-33-27(46)19-9-6-16(30)11-20(19)24-39-41-42-40-24)36-26(45)15-4-7-18(8-5-15)43(14-44)13-17-12-34-25-22(35-17)23(31)37-29(32)38-25/h4-9,11-12,14,21H,2-3,10,13,30H2,1H3,(H,33,46)(H,36,45)(H,39,40,41,42)(H4,31,32,34,37,38)/t21-/m0/s1. The fraction of sp³-hybridized carbons (Fsp3) is 0.207. The SMILES string of the molecule is COC(=O)[C@H](CCCNC(=O)c1ccc(N)cc1-c1nn[nH]n1)NC(=O)c1ccc(N(C=O)Cc2cnc3nc(N)nc(N)c3n2)cc1. The Morgan fingerprint density at radius 1 is 1.04 bits per heavy atom. The lowest BCUT2D eigenvalue weighted by atomic mass is 10.0. The van der Waals surface area contributed by atoms with Crippen molar-refractivity contribution in [1.82, 2.24) is 51.2 Å². The first-order valence-corrected chi connectivity index (χ1v) is 14.3. The number of nitrogen functional groups attached to an aromatic ring is 3. The Kier molecular flexibility index (Phi) is 9.87. The number of hydrogen-bond acceptors (Lipinski definition) is 15. The molecule has 0 spiro atoms. The van der Waals surface area contributed by atoms with Crippen molar-refractivity contribution in [2.75, 3.05) is 35.8 Å². The Bertz CT molecular complexity index is 1950. The van der Waals surface area contributed by atoms with Gasteiger partial charge >= 0.3 is 5.97 Å². The van der Waals surface area contributed by atoms with E-state index in [1.807, 2.05) is 0 Å². The maximum atomic E-state index is 13.0. The number of amides is 3. The van der Waals surface area contributed by atoms with Crippen LogP contribution in [0.25, 0.3) is 22.6 Å². The highest BCUT2D eigenvalue weighted by atomic mass is 16.5. The molecule has 0 saturated heterocycles. The van der Waals surface area contributed by atoms with Crippen molar-refractivity contribution >= 4 is 58.5 Å². The fourth-order valence-corrected chi connectivity index (χ4v) is 4.68. The number of tetrazole rings is 1. The molecule has 0 saturated carbocycles. The number of fused-ring (bicyclic) bond motifs is 1. The summed E-state index contributed by atoms with van der Waals surface area (Å²) in [5, 5.41) is 19.1. The van der Waals surface area contributed by atoms with Crippen molar-refractivity contribution in [3.05, 3.63) is 65.5 Å². The van der Waals surface area contributed by atoms with Crippen molar-refractivity contribution in [3.8, 4) is 11.4 Å². The molecule has 0 radical (unpaired) electrons. The number of H-pyrrole nitrogens is 1. The molecule has 3 amide bonds. The summed E-state index contributed by atoms with van der Waals surface area (Å²) in [6, 6.07) is 9.84. The molecule has 19 nitrogen and oxygen atoms in total. The maximum Gasteiger partial charge on any atom is 0.328 e. The van der Waals surface area contributed by atoms with E-state index >= 15 is 0 Å². The molecule has 0 aliphatic carbocycles. The molecule has 5 rings (SSSR count). The van der Waals surface area contributed by atoms with Crippen LogP contribution in [-0.2, 0) is 20.9 Å². The van der Waals surface area contributed by atoms with Gasteiger partial charge < -0.3 is 37.5 Å². The number of aromatic amines is 1. The van der Waals surface area contributed by atoms with Gasteiger partial charge in [0.15, 0.2) is 17.0 Å². The summed E-state index contributed by atoms with van der Waals surface area (Å²) in [6.07, 6.45) is 2.55. The van der Waals surface area contributed by atoms with Crippen molar-refractivity contribution in [1.29, 1.82) is 0 Å². The average Bonchev–Trinajstić information content (AvgIpc) is 3.63. The van der Waals surface area contributed by atoms with Gasteiger partial charge in [-0.15, -0.1) is 10.2 Å². The first kappa shape index (κ1) is 32.6. The Balaban J connectivity index is 1.17. The van der Waals surface area contributed by atoms with Crippen molar-refractivity contribution in [2.45, 2.75) is 25.4 Å². The Labute approximate surface area is 271 Å². The van der Waals surface area contributed by atoms with Crippen molar-refractivity contribution in [2.24, 2.45) is 0 Å².